The third kappa shape index (κ3) is 22.1. The number of hydrogen-bond donors (Lipinski definition) is 2. The molecule has 14 heteroatoms. The van der Waals surface area contributed by atoms with Crippen molar-refractivity contribution in [2.24, 2.45) is 0 Å². The van der Waals surface area contributed by atoms with E-state index in [9.17, 15) is 29.4 Å². The van der Waals surface area contributed by atoms with E-state index in [0.717, 1.165) is 25.7 Å². The van der Waals surface area contributed by atoms with Gasteiger partial charge in [-0.3, -0.25) is 19.2 Å². The zero-order chi connectivity index (χ0) is 40.6. The molecule has 2 aromatic carbocycles. The van der Waals surface area contributed by atoms with Crippen LogP contribution >= 0.6 is 0 Å². The van der Waals surface area contributed by atoms with E-state index >= 15 is 0 Å². The van der Waals surface area contributed by atoms with Crippen molar-refractivity contribution in [3.05, 3.63) is 48.5 Å². The van der Waals surface area contributed by atoms with E-state index in [1.807, 2.05) is 0 Å². The fraction of sp³-hybridized carbons (Fsp3) is 0.619. The number of anilines is 2. The summed E-state index contributed by atoms with van der Waals surface area (Å²) in [6.07, 6.45) is 13.8. The molecule has 0 atom stereocenters. The van der Waals surface area contributed by atoms with Crippen LogP contribution < -0.4 is 19.3 Å². The molecule has 0 aliphatic heterocycles. The number of carboxylic acids is 2. The number of aliphatic carboxylic acids is 2. The Morgan fingerprint density at radius 2 is 0.839 bits per heavy atom. The minimum Gasteiger partial charge on any atom is -0.488 e. The quantitative estimate of drug-likeness (QED) is 0.0554. The highest BCUT2D eigenvalue weighted by molar-refractivity contribution is 5.82. The van der Waals surface area contributed by atoms with Gasteiger partial charge in [-0.25, -0.2) is 0 Å². The van der Waals surface area contributed by atoms with Crippen LogP contribution in [0.5, 0.6) is 11.5 Å². The number of carboxylic acid groups (broad SMARTS) is 2. The Labute approximate surface area is 332 Å². The summed E-state index contributed by atoms with van der Waals surface area (Å²) in [4.78, 5) is 51.6. The van der Waals surface area contributed by atoms with Crippen LogP contribution in [0.3, 0.4) is 0 Å². The van der Waals surface area contributed by atoms with Crippen LogP contribution in [0.15, 0.2) is 48.5 Å². The number of carbonyl (C=O) groups is 4. The SMILES string of the molecule is CCCCCCCCOCCOC(=O)CN(CC(=O)O)c1ccccc1OCCOc1ccccc1N(CC(=O)O)CC(=O)OCCOCCCCCCCC. The molecule has 0 heterocycles. The Hall–Kier alpha value is -4.56. The van der Waals surface area contributed by atoms with Gasteiger partial charge in [-0.1, -0.05) is 102 Å². The summed E-state index contributed by atoms with van der Waals surface area (Å²) in [5.41, 5.74) is 0.760. The van der Waals surface area contributed by atoms with Crippen LogP contribution in [0.25, 0.3) is 0 Å². The molecule has 2 rings (SSSR count). The molecule has 0 unspecified atom stereocenters. The minimum atomic E-state index is -1.14. The maximum Gasteiger partial charge on any atom is 0.325 e. The van der Waals surface area contributed by atoms with E-state index in [2.05, 4.69) is 13.8 Å². The second kappa shape index (κ2) is 30.6. The molecule has 2 aromatic rings. The standard InChI is InChI=1S/C42H64N2O12/c1-3-5-7-9-11-17-23-51-25-27-55-41(49)33-43(31-39(45)46)35-19-13-15-21-37(35)53-29-30-54-38-22-16-14-20-36(38)44(32-40(47)48)34-42(50)56-28-26-52-24-18-12-10-8-6-4-2/h13-16,19-22H,3-12,17-18,23-34H2,1-2H3,(H,45,46)(H,47,48). The number of unbranched alkanes of at least 4 members (excludes halogenated alkanes) is 10. The van der Waals surface area contributed by atoms with E-state index in [0.29, 0.717) is 36.1 Å². The maximum atomic E-state index is 12.7. The summed E-state index contributed by atoms with van der Waals surface area (Å²) >= 11 is 0. The first kappa shape index (κ1) is 47.6. The molecule has 314 valence electrons. The van der Waals surface area contributed by atoms with Crippen LogP contribution in [0.1, 0.15) is 90.9 Å². The van der Waals surface area contributed by atoms with Crippen LogP contribution in [0.4, 0.5) is 11.4 Å². The van der Waals surface area contributed by atoms with E-state index in [1.54, 1.807) is 48.5 Å². The Morgan fingerprint density at radius 1 is 0.464 bits per heavy atom. The molecule has 0 spiro atoms. The van der Waals surface area contributed by atoms with Gasteiger partial charge in [-0.05, 0) is 37.1 Å². The van der Waals surface area contributed by atoms with Crippen molar-refractivity contribution in [3.63, 3.8) is 0 Å². The van der Waals surface area contributed by atoms with Gasteiger partial charge in [0.25, 0.3) is 0 Å². The van der Waals surface area contributed by atoms with E-state index in [-0.39, 0.29) is 52.7 Å². The molecule has 0 bridgehead atoms. The largest absolute Gasteiger partial charge is 0.488 e. The highest BCUT2D eigenvalue weighted by atomic mass is 16.6. The molecule has 0 saturated heterocycles. The highest BCUT2D eigenvalue weighted by Gasteiger charge is 2.21. The second-order valence-electron chi connectivity index (χ2n) is 13.3. The van der Waals surface area contributed by atoms with Crippen molar-refractivity contribution < 1.29 is 57.8 Å². The lowest BCUT2D eigenvalue weighted by Crippen LogP contribution is -2.36. The zero-order valence-corrected chi connectivity index (χ0v) is 33.5. The van der Waals surface area contributed by atoms with Crippen molar-refractivity contribution in [2.75, 3.05) is 88.8 Å². The number of nitrogens with zero attached hydrogens (tertiary/aromatic N) is 2. The fourth-order valence-electron chi connectivity index (χ4n) is 5.77. The van der Waals surface area contributed by atoms with Crippen molar-refractivity contribution in [3.8, 4) is 11.5 Å². The van der Waals surface area contributed by atoms with Crippen molar-refractivity contribution in [2.45, 2.75) is 90.9 Å². The zero-order valence-electron chi connectivity index (χ0n) is 33.5. The van der Waals surface area contributed by atoms with Crippen molar-refractivity contribution in [1.29, 1.82) is 0 Å². The molecule has 0 radical (unpaired) electrons. The van der Waals surface area contributed by atoms with Gasteiger partial charge >= 0.3 is 23.9 Å². The first-order valence-corrected chi connectivity index (χ1v) is 20.1. The summed E-state index contributed by atoms with van der Waals surface area (Å²) in [6.45, 7) is 4.66. The van der Waals surface area contributed by atoms with E-state index in [4.69, 9.17) is 28.4 Å². The molecule has 2 N–H and O–H groups in total. The monoisotopic (exact) mass is 788 g/mol. The number of benzene rings is 2. The number of carbonyl (C=O) groups excluding carboxylic acids is 2. The van der Waals surface area contributed by atoms with Gasteiger partial charge in [0, 0.05) is 13.2 Å². The Kier molecular flexibility index (Phi) is 26.0. The molecule has 56 heavy (non-hydrogen) atoms. The fourth-order valence-corrected chi connectivity index (χ4v) is 5.77. The Morgan fingerprint density at radius 3 is 1.23 bits per heavy atom. The molecule has 0 saturated carbocycles. The Bertz CT molecular complexity index is 1290. The first-order chi connectivity index (χ1) is 27.2. The number of rotatable bonds is 35. The van der Waals surface area contributed by atoms with Gasteiger partial charge in [0.05, 0.1) is 24.6 Å². The summed E-state index contributed by atoms with van der Waals surface area (Å²) in [5, 5.41) is 19.2. The van der Waals surface area contributed by atoms with Gasteiger partial charge in [0.15, 0.2) is 0 Å². The number of para-hydroxylation sites is 4. The predicted molar refractivity (Wildman–Crippen MR) is 214 cm³/mol. The molecule has 0 aromatic heterocycles. The highest BCUT2D eigenvalue weighted by Crippen LogP contribution is 2.30. The topological polar surface area (TPSA) is 171 Å². The van der Waals surface area contributed by atoms with Crippen molar-refractivity contribution in [1.82, 2.24) is 0 Å². The third-order valence-corrected chi connectivity index (χ3v) is 8.57. The van der Waals surface area contributed by atoms with Gasteiger partial charge in [-0.2, -0.15) is 0 Å². The molecule has 14 nitrogen and oxygen atoms in total. The second-order valence-corrected chi connectivity index (χ2v) is 13.3. The maximum absolute atomic E-state index is 12.7. The molecule has 0 amide bonds. The van der Waals surface area contributed by atoms with Gasteiger partial charge < -0.3 is 48.4 Å². The third-order valence-electron chi connectivity index (χ3n) is 8.57. The number of esters is 2. The molecule has 0 aliphatic carbocycles. The van der Waals surface area contributed by atoms with Crippen LogP contribution in [0, 0.1) is 0 Å². The summed E-state index contributed by atoms with van der Waals surface area (Å²) in [7, 11) is 0. The lowest BCUT2D eigenvalue weighted by atomic mass is 10.1. The van der Waals surface area contributed by atoms with Gasteiger partial charge in [0.1, 0.15) is 64.1 Å². The molecular formula is C42H64N2O12. The normalized spacial score (nSPS) is 10.8. The number of ether oxygens (including phenoxy) is 6. The predicted octanol–water partition coefficient (Wildman–Crippen LogP) is 6.77. The smallest absolute Gasteiger partial charge is 0.325 e. The lowest BCUT2D eigenvalue weighted by Gasteiger charge is -2.25. The van der Waals surface area contributed by atoms with Crippen LogP contribution in [0.2, 0.25) is 0 Å². The molecule has 0 fully saturated rings. The lowest BCUT2D eigenvalue weighted by molar-refractivity contribution is -0.144. The average Bonchev–Trinajstić information content (AvgIpc) is 3.17. The summed E-state index contributed by atoms with van der Waals surface area (Å²) < 4.78 is 33.7. The van der Waals surface area contributed by atoms with Crippen LogP contribution in [-0.4, -0.2) is 113 Å². The van der Waals surface area contributed by atoms with E-state index < -0.39 is 37.0 Å². The van der Waals surface area contributed by atoms with E-state index in [1.165, 1.54) is 61.2 Å². The van der Waals surface area contributed by atoms with Crippen molar-refractivity contribution >= 4 is 35.3 Å². The summed E-state index contributed by atoms with van der Waals surface area (Å²) in [5.74, 6) is -2.83. The molecule has 0 aliphatic rings. The molecular weight excluding hydrogens is 724 g/mol. The van der Waals surface area contributed by atoms with Crippen LogP contribution in [-0.2, 0) is 38.1 Å². The van der Waals surface area contributed by atoms with Gasteiger partial charge in [0.2, 0.25) is 0 Å². The number of hydrogen-bond acceptors (Lipinski definition) is 12. The summed E-state index contributed by atoms with van der Waals surface area (Å²) in [6, 6.07) is 13.5. The average molecular weight is 789 g/mol. The van der Waals surface area contributed by atoms with Gasteiger partial charge in [-0.15, -0.1) is 0 Å². The minimum absolute atomic E-state index is 0.0202. The Balaban J connectivity index is 1.88. The first-order valence-electron chi connectivity index (χ1n) is 20.1.